The van der Waals surface area contributed by atoms with Crippen LogP contribution in [0, 0.1) is 11.6 Å². The number of rotatable bonds is 4. The summed E-state index contributed by atoms with van der Waals surface area (Å²) in [6, 6.07) is 8.91. The fourth-order valence-electron chi connectivity index (χ4n) is 1.64. The van der Waals surface area contributed by atoms with Crippen molar-refractivity contribution in [3.05, 3.63) is 53.6 Å². The summed E-state index contributed by atoms with van der Waals surface area (Å²) < 4.78 is 37.8. The van der Waals surface area contributed by atoms with Gasteiger partial charge < -0.3 is 15.2 Å². The summed E-state index contributed by atoms with van der Waals surface area (Å²) >= 11 is 0. The third-order valence-electron chi connectivity index (χ3n) is 2.57. The van der Waals surface area contributed by atoms with E-state index in [9.17, 15) is 8.78 Å². The highest BCUT2D eigenvalue weighted by Gasteiger charge is 2.15. The first-order chi connectivity index (χ1) is 9.15. The van der Waals surface area contributed by atoms with Crippen molar-refractivity contribution >= 4 is 0 Å². The molecule has 0 unspecified atom stereocenters. The number of ether oxygens (including phenoxy) is 2. The number of hydrogen-bond acceptors (Lipinski definition) is 3. The molecule has 0 atom stereocenters. The predicted octanol–water partition coefficient (Wildman–Crippen LogP) is 3.22. The molecule has 2 aromatic carbocycles. The van der Waals surface area contributed by atoms with Gasteiger partial charge >= 0.3 is 0 Å². The zero-order valence-electron chi connectivity index (χ0n) is 10.3. The first-order valence-corrected chi connectivity index (χ1v) is 5.64. The number of nitrogens with two attached hydrogens (primary N) is 1. The van der Waals surface area contributed by atoms with E-state index in [0.29, 0.717) is 11.3 Å². The Morgan fingerprint density at radius 3 is 2.16 bits per heavy atom. The second-order valence-corrected chi connectivity index (χ2v) is 3.85. The quantitative estimate of drug-likeness (QED) is 0.923. The number of hydrogen-bond donors (Lipinski definition) is 1. The molecule has 2 rings (SSSR count). The number of para-hydroxylation sites is 2. The summed E-state index contributed by atoms with van der Waals surface area (Å²) in [4.78, 5) is 0. The molecule has 0 aliphatic carbocycles. The maximum atomic E-state index is 13.8. The molecule has 3 nitrogen and oxygen atoms in total. The highest BCUT2D eigenvalue weighted by Crippen LogP contribution is 2.34. The van der Waals surface area contributed by atoms with E-state index >= 15 is 0 Å². The van der Waals surface area contributed by atoms with Crippen LogP contribution in [-0.4, -0.2) is 7.11 Å². The predicted molar refractivity (Wildman–Crippen MR) is 67.3 cm³/mol. The standard InChI is InChI=1S/C14H13F2NO2/c1-18-12-4-2-3-5-13(12)19-14-10(15)6-9(8-17)7-11(14)16/h2-7H,8,17H2,1H3. The van der Waals surface area contributed by atoms with Gasteiger partial charge in [0.25, 0.3) is 0 Å². The van der Waals surface area contributed by atoms with Crippen molar-refractivity contribution in [1.82, 2.24) is 0 Å². The lowest BCUT2D eigenvalue weighted by molar-refractivity contribution is 0.359. The van der Waals surface area contributed by atoms with E-state index < -0.39 is 17.4 Å². The average Bonchev–Trinajstić information content (AvgIpc) is 2.43. The fraction of sp³-hybridized carbons (Fsp3) is 0.143. The first-order valence-electron chi connectivity index (χ1n) is 5.64. The molecule has 0 aliphatic rings. The van der Waals surface area contributed by atoms with Crippen LogP contribution in [0.15, 0.2) is 36.4 Å². The van der Waals surface area contributed by atoms with Gasteiger partial charge in [0.1, 0.15) is 0 Å². The monoisotopic (exact) mass is 265 g/mol. The lowest BCUT2D eigenvalue weighted by atomic mass is 10.2. The minimum absolute atomic E-state index is 0.0583. The van der Waals surface area contributed by atoms with Crippen LogP contribution in [-0.2, 0) is 6.54 Å². The Morgan fingerprint density at radius 2 is 1.63 bits per heavy atom. The van der Waals surface area contributed by atoms with Gasteiger partial charge in [-0.3, -0.25) is 0 Å². The highest BCUT2D eigenvalue weighted by atomic mass is 19.1. The topological polar surface area (TPSA) is 44.5 Å². The minimum atomic E-state index is -0.800. The third-order valence-corrected chi connectivity index (χ3v) is 2.57. The van der Waals surface area contributed by atoms with E-state index in [1.807, 2.05) is 0 Å². The molecule has 0 saturated carbocycles. The summed E-state index contributed by atoms with van der Waals surface area (Å²) in [5, 5.41) is 0. The second-order valence-electron chi connectivity index (χ2n) is 3.85. The van der Waals surface area contributed by atoms with Crippen LogP contribution in [0.1, 0.15) is 5.56 Å². The van der Waals surface area contributed by atoms with E-state index in [0.717, 1.165) is 12.1 Å². The maximum Gasteiger partial charge on any atom is 0.198 e. The van der Waals surface area contributed by atoms with Gasteiger partial charge in [0, 0.05) is 6.54 Å². The minimum Gasteiger partial charge on any atom is -0.493 e. The van der Waals surface area contributed by atoms with Crippen LogP contribution in [0.3, 0.4) is 0 Å². The SMILES string of the molecule is COc1ccccc1Oc1c(F)cc(CN)cc1F. The molecule has 0 aromatic heterocycles. The lowest BCUT2D eigenvalue weighted by Crippen LogP contribution is -2.01. The fourth-order valence-corrected chi connectivity index (χ4v) is 1.64. The third kappa shape index (κ3) is 2.82. The summed E-state index contributed by atoms with van der Waals surface area (Å²) in [6.45, 7) is 0.0583. The van der Waals surface area contributed by atoms with Crippen molar-refractivity contribution in [2.24, 2.45) is 5.73 Å². The average molecular weight is 265 g/mol. The Kier molecular flexibility index (Phi) is 3.97. The Labute approximate surface area is 109 Å². The molecule has 0 spiro atoms. The second kappa shape index (κ2) is 5.67. The molecule has 2 aromatic rings. The molecule has 0 amide bonds. The van der Waals surface area contributed by atoms with E-state index in [2.05, 4.69) is 0 Å². The number of halogens is 2. The van der Waals surface area contributed by atoms with Gasteiger partial charge in [0.15, 0.2) is 28.9 Å². The summed E-state index contributed by atoms with van der Waals surface area (Å²) in [7, 11) is 1.45. The van der Waals surface area contributed by atoms with Crippen LogP contribution in [0.25, 0.3) is 0 Å². The zero-order valence-corrected chi connectivity index (χ0v) is 10.3. The van der Waals surface area contributed by atoms with Crippen molar-refractivity contribution < 1.29 is 18.3 Å². The molecule has 5 heteroatoms. The number of benzene rings is 2. The smallest absolute Gasteiger partial charge is 0.198 e. The molecular formula is C14H13F2NO2. The van der Waals surface area contributed by atoms with Gasteiger partial charge in [-0.2, -0.15) is 0 Å². The van der Waals surface area contributed by atoms with Crippen LogP contribution in [0.5, 0.6) is 17.2 Å². The summed E-state index contributed by atoms with van der Waals surface area (Å²) in [5.41, 5.74) is 5.71. The molecule has 0 radical (unpaired) electrons. The lowest BCUT2D eigenvalue weighted by Gasteiger charge is -2.12. The Hall–Kier alpha value is -2.14. The van der Waals surface area contributed by atoms with Crippen LogP contribution in [0.2, 0.25) is 0 Å². The molecule has 0 aliphatic heterocycles. The van der Waals surface area contributed by atoms with E-state index in [4.69, 9.17) is 15.2 Å². The van der Waals surface area contributed by atoms with Gasteiger partial charge in [0.2, 0.25) is 0 Å². The van der Waals surface area contributed by atoms with Crippen molar-refractivity contribution in [3.63, 3.8) is 0 Å². The zero-order chi connectivity index (χ0) is 13.8. The van der Waals surface area contributed by atoms with Crippen LogP contribution in [0.4, 0.5) is 8.78 Å². The van der Waals surface area contributed by atoms with Gasteiger partial charge in [-0.05, 0) is 29.8 Å². The van der Waals surface area contributed by atoms with Crippen molar-refractivity contribution in [2.75, 3.05) is 7.11 Å². The molecular weight excluding hydrogens is 252 g/mol. The highest BCUT2D eigenvalue weighted by molar-refractivity contribution is 5.43. The van der Waals surface area contributed by atoms with Crippen LogP contribution < -0.4 is 15.2 Å². The molecule has 19 heavy (non-hydrogen) atoms. The maximum absolute atomic E-state index is 13.8. The van der Waals surface area contributed by atoms with Crippen molar-refractivity contribution in [2.45, 2.75) is 6.54 Å². The van der Waals surface area contributed by atoms with E-state index in [1.165, 1.54) is 7.11 Å². The van der Waals surface area contributed by atoms with E-state index in [1.54, 1.807) is 24.3 Å². The Bertz CT molecular complexity index is 564. The first kappa shape index (κ1) is 13.3. The van der Waals surface area contributed by atoms with E-state index in [-0.39, 0.29) is 12.3 Å². The van der Waals surface area contributed by atoms with Gasteiger partial charge in [-0.25, -0.2) is 8.78 Å². The molecule has 0 heterocycles. The molecule has 100 valence electrons. The van der Waals surface area contributed by atoms with Gasteiger partial charge in [-0.15, -0.1) is 0 Å². The van der Waals surface area contributed by atoms with Crippen molar-refractivity contribution in [1.29, 1.82) is 0 Å². The number of methoxy groups -OCH3 is 1. The van der Waals surface area contributed by atoms with Gasteiger partial charge in [-0.1, -0.05) is 12.1 Å². The molecule has 0 fully saturated rings. The Morgan fingerprint density at radius 1 is 1.05 bits per heavy atom. The van der Waals surface area contributed by atoms with Crippen molar-refractivity contribution in [3.8, 4) is 17.2 Å². The normalized spacial score (nSPS) is 10.3. The van der Waals surface area contributed by atoms with Crippen LogP contribution >= 0.6 is 0 Å². The van der Waals surface area contributed by atoms with Gasteiger partial charge in [0.05, 0.1) is 7.11 Å². The summed E-state index contributed by atoms with van der Waals surface area (Å²) in [6.07, 6.45) is 0. The molecule has 2 N–H and O–H groups in total. The Balaban J connectivity index is 2.38. The summed E-state index contributed by atoms with van der Waals surface area (Å²) in [5.74, 6) is -1.44. The molecule has 0 bridgehead atoms. The molecule has 0 saturated heterocycles. The largest absolute Gasteiger partial charge is 0.493 e.